The maximum atomic E-state index is 11.8. The summed E-state index contributed by atoms with van der Waals surface area (Å²) in [7, 11) is -4.43. The van der Waals surface area contributed by atoms with Crippen LogP contribution in [0.5, 0.6) is 5.75 Å². The number of rotatable bonds is 5. The molecular weight excluding hydrogens is 288 g/mol. The molecule has 0 atom stereocenters. The van der Waals surface area contributed by atoms with Gasteiger partial charge in [0.1, 0.15) is 10.6 Å². The molecule has 0 saturated carbocycles. The van der Waals surface area contributed by atoms with Crippen LogP contribution in [-0.2, 0) is 16.5 Å². The van der Waals surface area contributed by atoms with E-state index in [1.165, 1.54) is 6.07 Å². The van der Waals surface area contributed by atoms with E-state index in [-0.39, 0.29) is 16.2 Å². The molecule has 0 aliphatic heterocycles. The highest BCUT2D eigenvalue weighted by Gasteiger charge is 2.24. The third-order valence-corrected chi connectivity index (χ3v) is 4.32. The largest absolute Gasteiger partial charge is 0.507 e. The summed E-state index contributed by atoms with van der Waals surface area (Å²) in [6, 6.07) is 11.7. The van der Waals surface area contributed by atoms with E-state index in [1.807, 2.05) is 6.92 Å². The molecular formula is C16H18O4S. The lowest BCUT2D eigenvalue weighted by Gasteiger charge is -2.14. The SMILES string of the molecule is CCCCc1ccc(O)c(-c2ccccc2)c1S(=O)(=O)O. The molecule has 0 radical (unpaired) electrons. The quantitative estimate of drug-likeness (QED) is 0.827. The Kier molecular flexibility index (Phi) is 4.65. The smallest absolute Gasteiger partial charge is 0.295 e. The summed E-state index contributed by atoms with van der Waals surface area (Å²) in [6.45, 7) is 2.01. The minimum atomic E-state index is -4.43. The predicted molar refractivity (Wildman–Crippen MR) is 82.0 cm³/mol. The first-order chi connectivity index (χ1) is 9.95. The van der Waals surface area contributed by atoms with Crippen LogP contribution in [0.2, 0.25) is 0 Å². The van der Waals surface area contributed by atoms with E-state index in [9.17, 15) is 18.1 Å². The van der Waals surface area contributed by atoms with Crippen LogP contribution in [0.1, 0.15) is 25.3 Å². The summed E-state index contributed by atoms with van der Waals surface area (Å²) in [6.07, 6.45) is 2.25. The highest BCUT2D eigenvalue weighted by Crippen LogP contribution is 2.37. The second kappa shape index (κ2) is 6.28. The molecule has 0 bridgehead atoms. The van der Waals surface area contributed by atoms with Crippen LogP contribution in [0.3, 0.4) is 0 Å². The van der Waals surface area contributed by atoms with Crippen LogP contribution in [0.25, 0.3) is 11.1 Å². The Morgan fingerprint density at radius 2 is 1.71 bits per heavy atom. The first-order valence-electron chi connectivity index (χ1n) is 6.83. The van der Waals surface area contributed by atoms with Crippen molar-refractivity contribution in [2.24, 2.45) is 0 Å². The minimum Gasteiger partial charge on any atom is -0.507 e. The van der Waals surface area contributed by atoms with Crippen LogP contribution < -0.4 is 0 Å². The second-order valence-electron chi connectivity index (χ2n) is 4.89. The van der Waals surface area contributed by atoms with Crippen molar-refractivity contribution >= 4 is 10.1 Å². The monoisotopic (exact) mass is 306 g/mol. The zero-order valence-corrected chi connectivity index (χ0v) is 12.6. The van der Waals surface area contributed by atoms with E-state index in [1.54, 1.807) is 36.4 Å². The summed E-state index contributed by atoms with van der Waals surface area (Å²) in [5.41, 5.74) is 1.24. The van der Waals surface area contributed by atoms with Gasteiger partial charge in [-0.15, -0.1) is 0 Å². The Balaban J connectivity index is 2.73. The number of aromatic hydroxyl groups is 1. The lowest BCUT2D eigenvalue weighted by molar-refractivity contribution is 0.467. The van der Waals surface area contributed by atoms with Gasteiger partial charge in [-0.2, -0.15) is 8.42 Å². The fraction of sp³-hybridized carbons (Fsp3) is 0.250. The zero-order valence-electron chi connectivity index (χ0n) is 11.8. The Bertz CT molecular complexity index is 721. The Morgan fingerprint density at radius 1 is 1.05 bits per heavy atom. The highest BCUT2D eigenvalue weighted by molar-refractivity contribution is 7.86. The Labute approximate surface area is 124 Å². The molecule has 0 saturated heterocycles. The van der Waals surface area contributed by atoms with Gasteiger partial charge in [0.2, 0.25) is 0 Å². The van der Waals surface area contributed by atoms with E-state index >= 15 is 0 Å². The summed E-state index contributed by atoms with van der Waals surface area (Å²) in [4.78, 5) is -0.192. The van der Waals surface area contributed by atoms with Crippen molar-refractivity contribution in [1.82, 2.24) is 0 Å². The van der Waals surface area contributed by atoms with Gasteiger partial charge in [0.25, 0.3) is 10.1 Å². The number of hydrogen-bond donors (Lipinski definition) is 2. The molecule has 0 unspecified atom stereocenters. The molecule has 0 aromatic heterocycles. The number of aryl methyl sites for hydroxylation is 1. The molecule has 0 heterocycles. The summed E-state index contributed by atoms with van der Waals surface area (Å²) in [5, 5.41) is 10.1. The van der Waals surface area contributed by atoms with E-state index in [4.69, 9.17) is 0 Å². The van der Waals surface area contributed by atoms with Crippen molar-refractivity contribution in [1.29, 1.82) is 0 Å². The van der Waals surface area contributed by atoms with Crippen LogP contribution in [-0.4, -0.2) is 18.1 Å². The summed E-state index contributed by atoms with van der Waals surface area (Å²) in [5.74, 6) is -0.158. The lowest BCUT2D eigenvalue weighted by atomic mass is 9.99. The molecule has 2 aromatic carbocycles. The van der Waals surface area contributed by atoms with Gasteiger partial charge in [-0.05, 0) is 30.0 Å². The fourth-order valence-electron chi connectivity index (χ4n) is 2.36. The van der Waals surface area contributed by atoms with E-state index in [2.05, 4.69) is 0 Å². The summed E-state index contributed by atoms with van der Waals surface area (Å²) < 4.78 is 33.2. The fourth-order valence-corrected chi connectivity index (χ4v) is 3.34. The first-order valence-corrected chi connectivity index (χ1v) is 8.27. The average Bonchev–Trinajstić information content (AvgIpc) is 2.45. The van der Waals surface area contributed by atoms with Crippen molar-refractivity contribution in [2.75, 3.05) is 0 Å². The summed E-state index contributed by atoms with van der Waals surface area (Å²) >= 11 is 0. The molecule has 0 aliphatic rings. The third-order valence-electron chi connectivity index (χ3n) is 3.34. The Morgan fingerprint density at radius 3 is 2.29 bits per heavy atom. The highest BCUT2D eigenvalue weighted by atomic mass is 32.2. The minimum absolute atomic E-state index is 0.158. The number of unbranched alkanes of at least 4 members (excludes halogenated alkanes) is 1. The van der Waals surface area contributed by atoms with Gasteiger partial charge in [0, 0.05) is 5.56 Å². The van der Waals surface area contributed by atoms with Crippen LogP contribution >= 0.6 is 0 Å². The molecule has 0 amide bonds. The standard InChI is InChI=1S/C16H18O4S/c1-2-3-7-13-10-11-14(17)15(16(13)21(18,19)20)12-8-5-4-6-9-12/h4-6,8-11,17H,2-3,7H2,1H3,(H,18,19,20). The molecule has 0 spiro atoms. The molecule has 0 fully saturated rings. The first kappa shape index (κ1) is 15.5. The lowest BCUT2D eigenvalue weighted by Crippen LogP contribution is -2.06. The van der Waals surface area contributed by atoms with Gasteiger partial charge in [-0.25, -0.2) is 0 Å². The van der Waals surface area contributed by atoms with E-state index < -0.39 is 10.1 Å². The number of phenols is 1. The third kappa shape index (κ3) is 3.43. The van der Waals surface area contributed by atoms with Gasteiger partial charge >= 0.3 is 0 Å². The van der Waals surface area contributed by atoms with E-state index in [0.717, 1.165) is 12.8 Å². The zero-order chi connectivity index (χ0) is 15.5. The molecule has 112 valence electrons. The molecule has 4 nitrogen and oxygen atoms in total. The molecule has 21 heavy (non-hydrogen) atoms. The number of hydrogen-bond acceptors (Lipinski definition) is 3. The van der Waals surface area contributed by atoms with Crippen molar-refractivity contribution in [3.05, 3.63) is 48.0 Å². The van der Waals surface area contributed by atoms with E-state index in [0.29, 0.717) is 17.5 Å². The molecule has 0 aliphatic carbocycles. The van der Waals surface area contributed by atoms with Crippen LogP contribution in [0.15, 0.2) is 47.4 Å². The van der Waals surface area contributed by atoms with Gasteiger partial charge in [0.05, 0.1) is 0 Å². The number of benzene rings is 2. The van der Waals surface area contributed by atoms with Crippen molar-refractivity contribution in [3.8, 4) is 16.9 Å². The van der Waals surface area contributed by atoms with Crippen molar-refractivity contribution in [2.45, 2.75) is 31.1 Å². The maximum Gasteiger partial charge on any atom is 0.295 e. The maximum absolute atomic E-state index is 11.8. The molecule has 2 rings (SSSR count). The molecule has 2 aromatic rings. The van der Waals surface area contributed by atoms with Crippen LogP contribution in [0.4, 0.5) is 0 Å². The van der Waals surface area contributed by atoms with Gasteiger partial charge in [0.15, 0.2) is 0 Å². The van der Waals surface area contributed by atoms with Crippen molar-refractivity contribution in [3.63, 3.8) is 0 Å². The molecule has 5 heteroatoms. The van der Waals surface area contributed by atoms with Gasteiger partial charge in [-0.1, -0.05) is 49.7 Å². The van der Waals surface area contributed by atoms with Gasteiger partial charge in [-0.3, -0.25) is 4.55 Å². The Hall–Kier alpha value is -1.85. The average molecular weight is 306 g/mol. The topological polar surface area (TPSA) is 74.6 Å². The second-order valence-corrected chi connectivity index (χ2v) is 6.25. The van der Waals surface area contributed by atoms with Crippen molar-refractivity contribution < 1.29 is 18.1 Å². The normalized spacial score (nSPS) is 11.5. The van der Waals surface area contributed by atoms with Crippen LogP contribution in [0, 0.1) is 0 Å². The molecule has 2 N–H and O–H groups in total. The predicted octanol–water partition coefficient (Wildman–Crippen LogP) is 3.65. The van der Waals surface area contributed by atoms with Gasteiger partial charge < -0.3 is 5.11 Å². The number of phenolic OH excluding ortho intramolecular Hbond substituents is 1.